The highest BCUT2D eigenvalue weighted by Crippen LogP contribution is 2.13. The quantitative estimate of drug-likeness (QED) is 0.525. The number of aromatic nitrogens is 3. The second-order valence-electron chi connectivity index (χ2n) is 4.92. The first-order valence-corrected chi connectivity index (χ1v) is 7.40. The lowest BCUT2D eigenvalue weighted by Gasteiger charge is -2.08. The highest BCUT2D eigenvalue weighted by Gasteiger charge is 2.12. The summed E-state index contributed by atoms with van der Waals surface area (Å²) in [5.74, 6) is 0.771. The van der Waals surface area contributed by atoms with Crippen LogP contribution < -0.4 is 4.74 Å². The topological polar surface area (TPSA) is 57.0 Å². The summed E-state index contributed by atoms with van der Waals surface area (Å²) >= 11 is 0. The van der Waals surface area contributed by atoms with E-state index in [4.69, 9.17) is 4.74 Å². The molecule has 2 aromatic rings. The lowest BCUT2D eigenvalue weighted by atomic mass is 10.2. The van der Waals surface area contributed by atoms with Crippen LogP contribution in [0.1, 0.15) is 48.8 Å². The minimum absolute atomic E-state index is 0.304. The van der Waals surface area contributed by atoms with Gasteiger partial charge in [-0.2, -0.15) is 0 Å². The monoisotopic (exact) mass is 287 g/mol. The van der Waals surface area contributed by atoms with Crippen LogP contribution in [0, 0.1) is 0 Å². The summed E-state index contributed by atoms with van der Waals surface area (Å²) in [5, 5.41) is 7.96. The average Bonchev–Trinajstić information content (AvgIpc) is 2.92. The van der Waals surface area contributed by atoms with Crippen molar-refractivity contribution in [3.63, 3.8) is 0 Å². The lowest BCUT2D eigenvalue weighted by molar-refractivity contribution is 0.111. The van der Waals surface area contributed by atoms with E-state index in [1.807, 2.05) is 30.3 Å². The molecule has 0 aliphatic heterocycles. The van der Waals surface area contributed by atoms with Gasteiger partial charge in [0.15, 0.2) is 12.0 Å². The van der Waals surface area contributed by atoms with Gasteiger partial charge in [0, 0.05) is 6.54 Å². The first-order valence-electron chi connectivity index (χ1n) is 7.40. The predicted molar refractivity (Wildman–Crippen MR) is 80.3 cm³/mol. The number of benzene rings is 1. The number of rotatable bonds is 9. The van der Waals surface area contributed by atoms with E-state index in [-0.39, 0.29) is 0 Å². The standard InChI is InChI=1S/C16H21N3O2/c1-2-3-4-8-11-19-16(15(12-20)17-18-19)13-21-14-9-6-5-7-10-14/h5-7,9-10,12H,2-4,8,11,13H2,1H3. The number of ether oxygens (including phenoxy) is 1. The summed E-state index contributed by atoms with van der Waals surface area (Å²) in [6.07, 6.45) is 5.34. The second-order valence-corrected chi connectivity index (χ2v) is 4.92. The number of carbonyl (C=O) groups excluding carboxylic acids is 1. The van der Waals surface area contributed by atoms with Gasteiger partial charge in [-0.3, -0.25) is 4.79 Å². The predicted octanol–water partition coefficient (Wildman–Crippen LogP) is 3.25. The molecule has 0 radical (unpaired) electrons. The van der Waals surface area contributed by atoms with Crippen LogP contribution in [0.5, 0.6) is 5.75 Å². The Morgan fingerprint density at radius 1 is 1.19 bits per heavy atom. The van der Waals surface area contributed by atoms with Crippen LogP contribution in [0.25, 0.3) is 0 Å². The van der Waals surface area contributed by atoms with Gasteiger partial charge in [0.2, 0.25) is 0 Å². The summed E-state index contributed by atoms with van der Waals surface area (Å²) in [6.45, 7) is 3.26. The molecule has 0 saturated heterocycles. The maximum absolute atomic E-state index is 11.1. The summed E-state index contributed by atoms with van der Waals surface area (Å²) in [7, 11) is 0. The van der Waals surface area contributed by atoms with Crippen molar-refractivity contribution in [2.75, 3.05) is 0 Å². The summed E-state index contributed by atoms with van der Waals surface area (Å²) in [6, 6.07) is 9.53. The smallest absolute Gasteiger partial charge is 0.172 e. The second kappa shape index (κ2) is 8.19. The summed E-state index contributed by atoms with van der Waals surface area (Å²) < 4.78 is 7.48. The van der Waals surface area contributed by atoms with E-state index < -0.39 is 0 Å². The molecule has 0 fully saturated rings. The third-order valence-electron chi connectivity index (χ3n) is 3.32. The van der Waals surface area contributed by atoms with Crippen LogP contribution in [0.2, 0.25) is 0 Å². The average molecular weight is 287 g/mol. The van der Waals surface area contributed by atoms with Crippen LogP contribution >= 0.6 is 0 Å². The van der Waals surface area contributed by atoms with E-state index in [2.05, 4.69) is 17.2 Å². The Kier molecular flexibility index (Phi) is 5.94. The molecule has 0 atom stereocenters. The first kappa shape index (κ1) is 15.2. The zero-order chi connectivity index (χ0) is 14.9. The fourth-order valence-electron chi connectivity index (χ4n) is 2.12. The van der Waals surface area contributed by atoms with Crippen molar-refractivity contribution in [3.05, 3.63) is 41.7 Å². The summed E-state index contributed by atoms with van der Waals surface area (Å²) in [5.41, 5.74) is 1.10. The molecule has 1 heterocycles. The van der Waals surface area contributed by atoms with Crippen molar-refractivity contribution >= 4 is 6.29 Å². The number of nitrogens with zero attached hydrogens (tertiary/aromatic N) is 3. The van der Waals surface area contributed by atoms with Gasteiger partial charge in [-0.25, -0.2) is 4.68 Å². The highest BCUT2D eigenvalue weighted by atomic mass is 16.5. The number of para-hydroxylation sites is 1. The third kappa shape index (κ3) is 4.41. The number of hydrogen-bond acceptors (Lipinski definition) is 4. The number of hydrogen-bond donors (Lipinski definition) is 0. The van der Waals surface area contributed by atoms with E-state index in [0.29, 0.717) is 12.3 Å². The van der Waals surface area contributed by atoms with Gasteiger partial charge in [-0.1, -0.05) is 49.6 Å². The number of unbranched alkanes of at least 4 members (excludes halogenated alkanes) is 3. The van der Waals surface area contributed by atoms with Crippen LogP contribution in [-0.2, 0) is 13.2 Å². The Bertz CT molecular complexity index is 552. The molecule has 5 nitrogen and oxygen atoms in total. The zero-order valence-electron chi connectivity index (χ0n) is 12.4. The number of carbonyl (C=O) groups is 1. The SMILES string of the molecule is CCCCCCn1nnc(C=O)c1COc1ccccc1. The Hall–Kier alpha value is -2.17. The Balaban J connectivity index is 1.99. The Morgan fingerprint density at radius 3 is 2.71 bits per heavy atom. The molecule has 5 heteroatoms. The van der Waals surface area contributed by atoms with Gasteiger partial charge in [0.05, 0.1) is 0 Å². The van der Waals surface area contributed by atoms with Crippen LogP contribution in [-0.4, -0.2) is 21.3 Å². The number of aryl methyl sites for hydroxylation is 1. The third-order valence-corrected chi connectivity index (χ3v) is 3.32. The molecule has 1 aromatic heterocycles. The highest BCUT2D eigenvalue weighted by molar-refractivity contribution is 5.73. The Morgan fingerprint density at radius 2 is 2.00 bits per heavy atom. The number of aldehydes is 1. The van der Waals surface area contributed by atoms with Crippen molar-refractivity contribution < 1.29 is 9.53 Å². The molecular weight excluding hydrogens is 266 g/mol. The van der Waals surface area contributed by atoms with Gasteiger partial charge < -0.3 is 4.74 Å². The van der Waals surface area contributed by atoms with Crippen LogP contribution in [0.4, 0.5) is 0 Å². The van der Waals surface area contributed by atoms with Crippen molar-refractivity contribution in [1.82, 2.24) is 15.0 Å². The van der Waals surface area contributed by atoms with Gasteiger partial charge in [-0.05, 0) is 18.6 Å². The Labute approximate surface area is 124 Å². The van der Waals surface area contributed by atoms with Crippen molar-refractivity contribution in [1.29, 1.82) is 0 Å². The fourth-order valence-corrected chi connectivity index (χ4v) is 2.12. The largest absolute Gasteiger partial charge is 0.487 e. The van der Waals surface area contributed by atoms with Crippen molar-refractivity contribution in [2.24, 2.45) is 0 Å². The fraction of sp³-hybridized carbons (Fsp3) is 0.438. The van der Waals surface area contributed by atoms with E-state index in [1.165, 1.54) is 12.8 Å². The zero-order valence-corrected chi connectivity index (χ0v) is 12.4. The molecule has 0 N–H and O–H groups in total. The van der Waals surface area contributed by atoms with Gasteiger partial charge >= 0.3 is 0 Å². The van der Waals surface area contributed by atoms with E-state index in [1.54, 1.807) is 4.68 Å². The first-order chi connectivity index (χ1) is 10.3. The molecular formula is C16H21N3O2. The molecule has 2 rings (SSSR count). The summed E-state index contributed by atoms with van der Waals surface area (Å²) in [4.78, 5) is 11.1. The van der Waals surface area contributed by atoms with Crippen LogP contribution in [0.15, 0.2) is 30.3 Å². The molecule has 0 aliphatic carbocycles. The van der Waals surface area contributed by atoms with E-state index in [9.17, 15) is 4.79 Å². The van der Waals surface area contributed by atoms with E-state index in [0.717, 1.165) is 37.1 Å². The molecule has 0 bridgehead atoms. The minimum Gasteiger partial charge on any atom is -0.487 e. The molecule has 0 aliphatic rings. The molecule has 0 spiro atoms. The maximum Gasteiger partial charge on any atom is 0.172 e. The molecule has 0 unspecified atom stereocenters. The van der Waals surface area contributed by atoms with Crippen molar-refractivity contribution in [3.8, 4) is 5.75 Å². The van der Waals surface area contributed by atoms with Gasteiger partial charge in [0.25, 0.3) is 0 Å². The molecule has 1 aromatic carbocycles. The van der Waals surface area contributed by atoms with Gasteiger partial charge in [0.1, 0.15) is 18.1 Å². The van der Waals surface area contributed by atoms with Crippen LogP contribution in [0.3, 0.4) is 0 Å². The maximum atomic E-state index is 11.1. The normalized spacial score (nSPS) is 10.5. The van der Waals surface area contributed by atoms with E-state index >= 15 is 0 Å². The van der Waals surface area contributed by atoms with Crippen molar-refractivity contribution in [2.45, 2.75) is 45.8 Å². The molecule has 21 heavy (non-hydrogen) atoms. The minimum atomic E-state index is 0.304. The molecule has 112 valence electrons. The van der Waals surface area contributed by atoms with Gasteiger partial charge in [-0.15, -0.1) is 5.10 Å². The molecule has 0 amide bonds. The lowest BCUT2D eigenvalue weighted by Crippen LogP contribution is -2.09. The molecule has 0 saturated carbocycles.